The van der Waals surface area contributed by atoms with Gasteiger partial charge in [0.15, 0.2) is 0 Å². The molecule has 8 heteroatoms. The van der Waals surface area contributed by atoms with E-state index in [0.717, 1.165) is 11.3 Å². The van der Waals surface area contributed by atoms with Crippen LogP contribution in [0.15, 0.2) is 48.5 Å². The molecule has 0 aromatic heterocycles. The first-order valence-electron chi connectivity index (χ1n) is 6.80. The Labute approximate surface area is 133 Å². The lowest BCUT2D eigenvalue weighted by molar-refractivity contribution is 0.0633. The number of para-hydroxylation sites is 1. The molecule has 1 aliphatic heterocycles. The maximum Gasteiger partial charge on any atom is 0.273 e. The summed E-state index contributed by atoms with van der Waals surface area (Å²) >= 11 is 0. The van der Waals surface area contributed by atoms with Crippen LogP contribution in [0.2, 0.25) is 0 Å². The topological polar surface area (TPSA) is 98.7 Å². The van der Waals surface area contributed by atoms with Gasteiger partial charge in [0.25, 0.3) is 5.91 Å². The minimum absolute atomic E-state index is 0.0823. The number of carbonyl (C=O) groups excluding carboxylic acids is 1. The first-order valence-corrected chi connectivity index (χ1v) is 8.70. The van der Waals surface area contributed by atoms with Crippen LogP contribution in [0, 0.1) is 0 Å². The highest BCUT2D eigenvalue weighted by atomic mass is 32.2. The van der Waals surface area contributed by atoms with E-state index in [9.17, 15) is 18.3 Å². The highest BCUT2D eigenvalue weighted by molar-refractivity contribution is 7.88. The maximum absolute atomic E-state index is 12.7. The molecule has 0 bridgehead atoms. The Bertz CT molecular complexity index is 849. The Balaban J connectivity index is 2.07. The van der Waals surface area contributed by atoms with Crippen molar-refractivity contribution in [1.29, 1.82) is 0 Å². The number of phenols is 1. The van der Waals surface area contributed by atoms with Gasteiger partial charge in [0.05, 0.1) is 11.8 Å². The van der Waals surface area contributed by atoms with Gasteiger partial charge in [-0.1, -0.05) is 24.3 Å². The number of fused-ring (bicyclic) bond motifs is 1. The first-order chi connectivity index (χ1) is 10.8. The predicted molar refractivity (Wildman–Crippen MR) is 85.1 cm³/mol. The van der Waals surface area contributed by atoms with Crippen LogP contribution in [0.3, 0.4) is 0 Å². The van der Waals surface area contributed by atoms with Crippen molar-refractivity contribution in [2.45, 2.75) is 6.17 Å². The van der Waals surface area contributed by atoms with E-state index in [-0.39, 0.29) is 5.75 Å². The summed E-state index contributed by atoms with van der Waals surface area (Å²) in [6.07, 6.45) is 0.252. The number of sulfonamides is 1. The largest absolute Gasteiger partial charge is 0.508 e. The van der Waals surface area contributed by atoms with Gasteiger partial charge in [-0.2, -0.15) is 0 Å². The standard InChI is InChI=1S/C15H15N3O4S/c1-23(21,22)17-18-14(10-6-8-11(19)9-7-10)16-13-5-3-2-4-12(13)15(18)20/h2-9,14,16-17,19H,1H3/t14-/m0/s1. The number of rotatable bonds is 3. The van der Waals surface area contributed by atoms with Gasteiger partial charge in [0, 0.05) is 5.69 Å². The highest BCUT2D eigenvalue weighted by Crippen LogP contribution is 2.32. The Morgan fingerprint density at radius 3 is 2.43 bits per heavy atom. The second kappa shape index (κ2) is 5.56. The van der Waals surface area contributed by atoms with E-state index in [2.05, 4.69) is 10.1 Å². The molecule has 1 heterocycles. The number of hydrogen-bond acceptors (Lipinski definition) is 5. The van der Waals surface area contributed by atoms with E-state index in [1.807, 2.05) is 0 Å². The number of hydrazine groups is 1. The number of aromatic hydroxyl groups is 1. The molecule has 0 fully saturated rings. The van der Waals surface area contributed by atoms with Gasteiger partial charge in [-0.25, -0.2) is 13.4 Å². The number of nitrogens with zero attached hydrogens (tertiary/aromatic N) is 1. The molecule has 3 N–H and O–H groups in total. The van der Waals surface area contributed by atoms with E-state index in [1.165, 1.54) is 12.1 Å². The molecule has 0 saturated carbocycles. The molecular weight excluding hydrogens is 318 g/mol. The summed E-state index contributed by atoms with van der Waals surface area (Å²) in [5.41, 5.74) is 1.61. The SMILES string of the molecule is CS(=O)(=O)NN1C(=O)c2ccccc2N[C@@H]1c1ccc(O)cc1. The third-order valence-corrected chi connectivity index (χ3v) is 3.93. The third-order valence-electron chi connectivity index (χ3n) is 3.40. The second-order valence-corrected chi connectivity index (χ2v) is 6.95. The summed E-state index contributed by atoms with van der Waals surface area (Å²) in [5, 5.41) is 13.6. The summed E-state index contributed by atoms with van der Waals surface area (Å²) in [7, 11) is -3.64. The Morgan fingerprint density at radius 1 is 1.13 bits per heavy atom. The number of anilines is 1. The van der Waals surface area contributed by atoms with E-state index in [4.69, 9.17) is 0 Å². The van der Waals surface area contributed by atoms with Crippen LogP contribution < -0.4 is 10.1 Å². The predicted octanol–water partition coefficient (Wildman–Crippen LogP) is 1.42. The second-order valence-electron chi connectivity index (χ2n) is 5.22. The third kappa shape index (κ3) is 3.13. The zero-order valence-electron chi connectivity index (χ0n) is 12.2. The molecular formula is C15H15N3O4S. The molecule has 23 heavy (non-hydrogen) atoms. The monoisotopic (exact) mass is 333 g/mol. The van der Waals surface area contributed by atoms with Crippen LogP contribution in [0.1, 0.15) is 22.1 Å². The van der Waals surface area contributed by atoms with Gasteiger partial charge < -0.3 is 10.4 Å². The van der Waals surface area contributed by atoms with Gasteiger partial charge >= 0.3 is 0 Å². The van der Waals surface area contributed by atoms with Crippen LogP contribution in [0.25, 0.3) is 0 Å². The minimum atomic E-state index is -3.64. The van der Waals surface area contributed by atoms with E-state index in [0.29, 0.717) is 16.8 Å². The lowest BCUT2D eigenvalue weighted by atomic mass is 10.1. The molecule has 0 saturated heterocycles. The fourth-order valence-electron chi connectivity index (χ4n) is 2.42. The van der Waals surface area contributed by atoms with Crippen molar-refractivity contribution in [3.05, 3.63) is 59.7 Å². The van der Waals surface area contributed by atoms with Crippen molar-refractivity contribution in [3.8, 4) is 5.75 Å². The average Bonchev–Trinajstić information content (AvgIpc) is 2.50. The van der Waals surface area contributed by atoms with Crippen molar-refractivity contribution in [3.63, 3.8) is 0 Å². The van der Waals surface area contributed by atoms with E-state index >= 15 is 0 Å². The van der Waals surface area contributed by atoms with Crippen LogP contribution in [0.5, 0.6) is 5.75 Å². The first kappa shape index (κ1) is 15.3. The summed E-state index contributed by atoms with van der Waals surface area (Å²) in [4.78, 5) is 14.9. The van der Waals surface area contributed by atoms with Crippen LogP contribution in [-0.4, -0.2) is 30.7 Å². The quantitative estimate of drug-likeness (QED) is 0.789. The molecule has 120 valence electrons. The van der Waals surface area contributed by atoms with Crippen molar-refractivity contribution < 1.29 is 18.3 Å². The van der Waals surface area contributed by atoms with Gasteiger partial charge in [0.2, 0.25) is 10.0 Å². The molecule has 0 aliphatic carbocycles. The van der Waals surface area contributed by atoms with Gasteiger partial charge in [-0.15, -0.1) is 4.83 Å². The van der Waals surface area contributed by atoms with Crippen LogP contribution in [0.4, 0.5) is 5.69 Å². The molecule has 1 atom stereocenters. The Hall–Kier alpha value is -2.58. The maximum atomic E-state index is 12.7. The summed E-state index contributed by atoms with van der Waals surface area (Å²) in [6.45, 7) is 0. The van der Waals surface area contributed by atoms with Gasteiger partial charge in [-0.3, -0.25) is 4.79 Å². The number of phenolic OH excluding ortho intramolecular Hbond substituents is 1. The fraction of sp³-hybridized carbons (Fsp3) is 0.133. The molecule has 7 nitrogen and oxygen atoms in total. The average molecular weight is 333 g/mol. The van der Waals surface area contributed by atoms with E-state index < -0.39 is 22.1 Å². The number of carbonyl (C=O) groups is 1. The van der Waals surface area contributed by atoms with Crippen molar-refractivity contribution in [2.24, 2.45) is 0 Å². The molecule has 0 unspecified atom stereocenters. The zero-order valence-corrected chi connectivity index (χ0v) is 13.0. The highest BCUT2D eigenvalue weighted by Gasteiger charge is 2.34. The molecule has 0 spiro atoms. The zero-order chi connectivity index (χ0) is 16.6. The van der Waals surface area contributed by atoms with Crippen molar-refractivity contribution >= 4 is 21.6 Å². The fourth-order valence-corrected chi connectivity index (χ4v) is 2.96. The van der Waals surface area contributed by atoms with E-state index in [1.54, 1.807) is 36.4 Å². The summed E-state index contributed by atoms with van der Waals surface area (Å²) in [6, 6.07) is 13.0. The van der Waals surface area contributed by atoms with Crippen LogP contribution >= 0.6 is 0 Å². The van der Waals surface area contributed by atoms with Crippen LogP contribution in [-0.2, 0) is 10.0 Å². The number of hydrogen-bond donors (Lipinski definition) is 3. The number of nitrogens with one attached hydrogen (secondary N) is 2. The molecule has 2 aromatic carbocycles. The lowest BCUT2D eigenvalue weighted by Crippen LogP contribution is -2.52. The number of amides is 1. The van der Waals surface area contributed by atoms with Crippen molar-refractivity contribution in [1.82, 2.24) is 9.84 Å². The number of benzene rings is 2. The molecule has 2 aromatic rings. The van der Waals surface area contributed by atoms with Gasteiger partial charge in [-0.05, 0) is 29.8 Å². The smallest absolute Gasteiger partial charge is 0.273 e. The summed E-state index contributed by atoms with van der Waals surface area (Å²) < 4.78 is 23.2. The molecule has 0 radical (unpaired) electrons. The Kier molecular flexibility index (Phi) is 3.70. The lowest BCUT2D eigenvalue weighted by Gasteiger charge is -2.37. The molecule has 3 rings (SSSR count). The minimum Gasteiger partial charge on any atom is -0.508 e. The summed E-state index contributed by atoms with van der Waals surface area (Å²) in [5.74, 6) is -0.373. The molecule has 1 amide bonds. The normalized spacial score (nSPS) is 17.5. The van der Waals surface area contributed by atoms with Crippen molar-refractivity contribution in [2.75, 3.05) is 11.6 Å². The van der Waals surface area contributed by atoms with Gasteiger partial charge in [0.1, 0.15) is 11.9 Å². The molecule has 1 aliphatic rings. The Morgan fingerprint density at radius 2 is 1.78 bits per heavy atom.